The number of nitrogens with zero attached hydrogens (tertiary/aromatic N) is 17. The Bertz CT molecular complexity index is 5860. The largest absolute Gasteiger partial charge is 0.481 e. The van der Waals surface area contributed by atoms with Gasteiger partial charge in [-0.15, -0.1) is 56.7 Å². The first-order valence-corrected chi connectivity index (χ1v) is 51.1. The van der Waals surface area contributed by atoms with Gasteiger partial charge < -0.3 is 64.6 Å². The number of aromatic nitrogens is 14. The summed E-state index contributed by atoms with van der Waals surface area (Å²) >= 11 is 50.3. The fourth-order valence-corrected chi connectivity index (χ4v) is 27.9. The Morgan fingerprint density at radius 2 is 0.699 bits per heavy atom. The van der Waals surface area contributed by atoms with Gasteiger partial charge in [0.1, 0.15) is 75.0 Å². The first-order valence-electron chi connectivity index (χ1n) is 44.4. The number of ether oxygens (including phenoxy) is 2. The highest BCUT2D eigenvalue weighted by Crippen LogP contribution is 2.54. The first-order chi connectivity index (χ1) is 62.4. The number of hydrogen-bond acceptors (Lipinski definition) is 30. The zero-order valence-electron chi connectivity index (χ0n) is 75.4. The second kappa shape index (κ2) is 46.5. The average Bonchev–Trinajstić information content (AvgIpc) is 1.62. The lowest BCUT2D eigenvalue weighted by molar-refractivity contribution is -0.137. The van der Waals surface area contributed by atoms with E-state index in [0.29, 0.717) is 82.7 Å². The number of aryl methyl sites for hydroxylation is 7. The topological polar surface area (TPSA) is 357 Å². The number of carbonyl (C=O) groups is 5. The molecule has 0 aromatic carbocycles. The Labute approximate surface area is 831 Å². The Morgan fingerprint density at radius 1 is 0.406 bits per heavy atom. The predicted octanol–water partition coefficient (Wildman–Crippen LogP) is 22.7. The van der Waals surface area contributed by atoms with Crippen molar-refractivity contribution in [2.45, 2.75) is 282 Å². The van der Waals surface area contributed by atoms with Crippen molar-refractivity contribution < 1.29 is 43.7 Å². The molecule has 40 heteroatoms. The van der Waals surface area contributed by atoms with Gasteiger partial charge >= 0.3 is 5.97 Å². The molecule has 20 rings (SSSR count). The number of rotatable bonds is 19. The molecule has 12 aromatic rings. The number of carbonyl (C=O) groups excluding carboxylic acids is 4. The summed E-state index contributed by atoms with van der Waals surface area (Å²) in [6.45, 7) is 6.55. The van der Waals surface area contributed by atoms with Crippen molar-refractivity contribution in [3.05, 3.63) is 114 Å². The van der Waals surface area contributed by atoms with E-state index in [2.05, 4.69) is 112 Å². The van der Waals surface area contributed by atoms with Crippen LogP contribution in [0.1, 0.15) is 266 Å². The fraction of sp³-hybridized carbons (Fsp3) is 0.559. The quantitative estimate of drug-likeness (QED) is 0.0431. The minimum absolute atomic E-state index is 0. The number of hydrogen-bond donors (Lipinski definition) is 4. The molecule has 8 aliphatic rings. The minimum Gasteiger partial charge on any atom is -0.481 e. The second-order valence-electron chi connectivity index (χ2n) is 35.9. The van der Waals surface area contributed by atoms with E-state index >= 15 is 0 Å². The van der Waals surface area contributed by atoms with Gasteiger partial charge in [-0.2, -0.15) is 20.2 Å². The summed E-state index contributed by atoms with van der Waals surface area (Å²) in [5, 5.41) is 36.4. The summed E-state index contributed by atoms with van der Waals surface area (Å²) in [5.41, 5.74) is 12.7. The maximum Gasteiger partial charge on any atom is 0.303 e. The third-order valence-corrected chi connectivity index (χ3v) is 32.9. The zero-order chi connectivity index (χ0) is 93.7. The molecule has 28 nitrogen and oxygen atoms in total. The highest BCUT2D eigenvalue weighted by atomic mass is 35.5. The maximum absolute atomic E-state index is 11.7. The highest BCUT2D eigenvalue weighted by molar-refractivity contribution is 7.20. The third-order valence-electron chi connectivity index (χ3n) is 25.6. The van der Waals surface area contributed by atoms with Crippen molar-refractivity contribution in [1.29, 1.82) is 0 Å². The van der Waals surface area contributed by atoms with Gasteiger partial charge in [-0.25, -0.2) is 39.9 Å². The number of aliphatic carboxylic acids is 1. The SMILES string of the molecule is C.C.CC(=O)CC1CCc2sc3nc(Cl)nc(Cl)c3c21.CC(=O)C[C@@H]1CCc2sc3nc(Cl)nc(Cl)c3c21.CC(=O)C[C@@H]1CCc2sc3nc(Cl)nc(OC4CCC(N(C)C)CC4)c3c21.CC(=O)C[C@H]1CCc2sc3nc(Cl)nc(Cl)c3c21.CN(C)C1CCC(O)CC1.CN(C)C1CCC(Oc2nc(Nc3cnn(C)c3)nc3sc4c(c23)[C@H](CC(=O)O)CC4)CC1.Cn1cc(N)cn1. The molecule has 12 aromatic heterocycles. The molecule has 0 saturated heterocycles. The summed E-state index contributed by atoms with van der Waals surface area (Å²) in [6.07, 6.45) is 32.1. The number of carboxylic acids is 1. The number of aliphatic hydroxyl groups excluding tert-OH is 1. The van der Waals surface area contributed by atoms with Gasteiger partial charge in [0.15, 0.2) is 0 Å². The summed E-state index contributed by atoms with van der Waals surface area (Å²) < 4.78 is 16.3. The Morgan fingerprint density at radius 3 is 0.992 bits per heavy atom. The van der Waals surface area contributed by atoms with Gasteiger partial charge in [-0.05, 0) is 315 Å². The van der Waals surface area contributed by atoms with Crippen LogP contribution in [-0.2, 0) is 70.2 Å². The number of aliphatic hydroxyl groups is 1. The number of halogens is 7. The molecule has 5 atom stereocenters. The fourth-order valence-electron chi connectivity index (χ4n) is 19.5. The van der Waals surface area contributed by atoms with Crippen LogP contribution in [0.4, 0.5) is 17.3 Å². The highest BCUT2D eigenvalue weighted by Gasteiger charge is 2.39. The molecular weight excluding hydrogens is 1940 g/mol. The van der Waals surface area contributed by atoms with Gasteiger partial charge in [-0.3, -0.25) is 14.2 Å². The molecule has 133 heavy (non-hydrogen) atoms. The molecule has 0 aliphatic heterocycles. The molecule has 718 valence electrons. The standard InChI is InChI=1S/C23H30N6O3S.C20H26ClN3O2S.3C12H10Cl2N2OS.C8H17NO.C4H7N3.2CH4/c1-28(2)15-5-7-16(8-6-15)32-21-20-19-13(10-18(30)31)4-9-17(19)33-22(20)27-23(26-21)25-14-11-24-29(3)12-14;1-11(25)10-12-4-9-15-16(12)17-18(22-20(21)23-19(17)27-15)26-14-7-5-13(6-8-14)24(2)3;3*1-5(17)4-6-2-3-7-8(6)9-10(13)15-12(14)16-11(9)18-7;1-9(2)7-3-5-8(10)6-4-7;1-7-3-4(5)2-6-7;;/h11-13,15-16H,4-10H2,1-3H3,(H,30,31)(H,25,26,27);12-14H,4-10H2,1-3H3;3*6H,2-4H2,1H3;7-8,10H,3-6H2,1-2H3;2-3H,5H2,1H3;2*1H4/t13-,15?,16?;12-,13?,14?;2*6-;;;;;/m0010...../s1. The van der Waals surface area contributed by atoms with Crippen molar-refractivity contribution in [2.24, 2.45) is 14.1 Å². The van der Waals surface area contributed by atoms with Gasteiger partial charge in [0.2, 0.25) is 38.8 Å². The average molecular weight is 2050 g/mol. The Balaban J connectivity index is 0.000000145. The molecule has 8 aliphatic carbocycles. The smallest absolute Gasteiger partial charge is 0.303 e. The van der Waals surface area contributed by atoms with Crippen molar-refractivity contribution in [2.75, 3.05) is 53.3 Å². The predicted molar refractivity (Wildman–Crippen MR) is 541 cm³/mol. The van der Waals surface area contributed by atoms with E-state index in [9.17, 15) is 34.2 Å². The maximum atomic E-state index is 11.7. The molecule has 3 fully saturated rings. The van der Waals surface area contributed by atoms with E-state index in [1.54, 1.807) is 112 Å². The Hall–Kier alpha value is -7.16. The van der Waals surface area contributed by atoms with Crippen LogP contribution in [0.5, 0.6) is 11.8 Å². The van der Waals surface area contributed by atoms with E-state index in [0.717, 1.165) is 204 Å². The molecule has 0 radical (unpaired) electrons. The minimum atomic E-state index is -0.771. The van der Waals surface area contributed by atoms with Crippen molar-refractivity contribution >= 4 is 235 Å². The van der Waals surface area contributed by atoms with Crippen molar-refractivity contribution in [1.82, 2.24) is 84.1 Å². The number of ketones is 4. The number of anilines is 3. The second-order valence-corrected chi connectivity index (χ2v) is 43.8. The molecule has 0 spiro atoms. The lowest BCUT2D eigenvalue weighted by Gasteiger charge is -2.32. The van der Waals surface area contributed by atoms with Crippen LogP contribution in [0, 0.1) is 0 Å². The molecular formula is C93H118Cl7N19O9S5. The molecule has 0 bridgehead atoms. The number of fused-ring (bicyclic) bond motifs is 15. The molecule has 12 heterocycles. The van der Waals surface area contributed by atoms with E-state index < -0.39 is 5.97 Å². The number of nitrogens with one attached hydrogen (secondary N) is 1. The monoisotopic (exact) mass is 2050 g/mol. The van der Waals surface area contributed by atoms with Gasteiger partial charge in [0.25, 0.3) is 0 Å². The van der Waals surface area contributed by atoms with Crippen LogP contribution in [-0.4, -0.2) is 202 Å². The molecule has 3 saturated carbocycles. The van der Waals surface area contributed by atoms with Crippen LogP contribution in [0.3, 0.4) is 0 Å². The number of nitrogen functional groups attached to an aromatic ring is 1. The van der Waals surface area contributed by atoms with Gasteiger partial charge in [-0.1, -0.05) is 49.7 Å². The zero-order valence-corrected chi connectivity index (χ0v) is 84.7. The van der Waals surface area contributed by atoms with E-state index in [1.165, 1.54) is 46.6 Å². The number of nitrogens with two attached hydrogens (primary N) is 1. The molecule has 5 N–H and O–H groups in total. The van der Waals surface area contributed by atoms with Crippen molar-refractivity contribution in [3.63, 3.8) is 0 Å². The van der Waals surface area contributed by atoms with Gasteiger partial charge in [0.05, 0.1) is 63.2 Å². The molecule has 1 unspecified atom stereocenters. The lowest BCUT2D eigenvalue weighted by atomic mass is 9.92. The normalized spacial score (nSPS) is 21.2. The van der Waals surface area contributed by atoms with E-state index in [4.69, 9.17) is 106 Å². The molecule has 0 amide bonds. The van der Waals surface area contributed by atoms with Crippen LogP contribution in [0.2, 0.25) is 36.6 Å². The summed E-state index contributed by atoms with van der Waals surface area (Å²) in [5.74, 6) is 2.76. The van der Waals surface area contributed by atoms with Crippen LogP contribution >= 0.6 is 138 Å². The summed E-state index contributed by atoms with van der Waals surface area (Å²) in [7, 11) is 16.5. The Kier molecular flexibility index (Phi) is 36.6. The van der Waals surface area contributed by atoms with E-state index in [1.807, 2.05) is 20.3 Å². The van der Waals surface area contributed by atoms with E-state index in [-0.39, 0.29) is 113 Å². The van der Waals surface area contributed by atoms with Gasteiger partial charge in [0, 0.05) is 94.7 Å². The first kappa shape index (κ1) is 105. The number of thiophene rings is 5. The summed E-state index contributed by atoms with van der Waals surface area (Å²) in [6, 6.07) is 1.93. The van der Waals surface area contributed by atoms with Crippen LogP contribution in [0.15, 0.2) is 24.8 Å². The van der Waals surface area contributed by atoms with Crippen LogP contribution in [0.25, 0.3) is 51.1 Å². The van der Waals surface area contributed by atoms with Crippen molar-refractivity contribution in [3.8, 4) is 11.8 Å². The third kappa shape index (κ3) is 25.9. The lowest BCUT2D eigenvalue weighted by Crippen LogP contribution is -2.35. The number of Topliss-reactive ketones (excluding diaryl/α,β-unsaturated/α-hetero) is 4. The summed E-state index contributed by atoms with van der Waals surface area (Å²) in [4.78, 5) is 118. The number of carboxylic acid groups (broad SMARTS) is 1. The van der Waals surface area contributed by atoms with Crippen LogP contribution < -0.4 is 20.5 Å².